The third-order valence-electron chi connectivity index (χ3n) is 3.84. The Morgan fingerprint density at radius 2 is 2.03 bits per heavy atom. The lowest BCUT2D eigenvalue weighted by Crippen LogP contribution is -2.13. The van der Waals surface area contributed by atoms with Crippen LogP contribution in [0.3, 0.4) is 0 Å². The quantitative estimate of drug-likeness (QED) is 0.459. The van der Waals surface area contributed by atoms with E-state index in [1.165, 1.54) is 14.2 Å². The molecule has 0 radical (unpaired) electrons. The van der Waals surface area contributed by atoms with E-state index < -0.39 is 11.9 Å². The van der Waals surface area contributed by atoms with Gasteiger partial charge in [-0.3, -0.25) is 0 Å². The van der Waals surface area contributed by atoms with Gasteiger partial charge in [0.2, 0.25) is 5.90 Å². The molecule has 0 unspecified atom stereocenters. The summed E-state index contributed by atoms with van der Waals surface area (Å²) in [7, 11) is 2.73. The van der Waals surface area contributed by atoms with Crippen LogP contribution in [-0.4, -0.2) is 38.7 Å². The highest BCUT2D eigenvalue weighted by Crippen LogP contribution is 2.37. The maximum atomic E-state index is 12.2. The maximum Gasteiger partial charge on any atom is 0.363 e. The van der Waals surface area contributed by atoms with Crippen molar-refractivity contribution in [3.63, 3.8) is 0 Å². The van der Waals surface area contributed by atoms with E-state index in [1.54, 1.807) is 42.5 Å². The van der Waals surface area contributed by atoms with E-state index in [1.807, 2.05) is 0 Å². The van der Waals surface area contributed by atoms with E-state index in [4.69, 9.17) is 25.8 Å². The van der Waals surface area contributed by atoms with E-state index in [-0.39, 0.29) is 18.2 Å². The molecule has 3 rings (SSSR count). The summed E-state index contributed by atoms with van der Waals surface area (Å²) in [6.45, 7) is -0.274. The Balaban J connectivity index is 1.91. The lowest BCUT2D eigenvalue weighted by molar-refractivity contribution is -0.143. The van der Waals surface area contributed by atoms with Gasteiger partial charge in [0.15, 0.2) is 23.8 Å². The van der Waals surface area contributed by atoms with Gasteiger partial charge in [0.05, 0.1) is 29.3 Å². The highest BCUT2D eigenvalue weighted by molar-refractivity contribution is 9.10. The normalized spacial score (nSPS) is 14.4. The van der Waals surface area contributed by atoms with Crippen molar-refractivity contribution in [2.24, 2.45) is 4.99 Å². The average molecular weight is 481 g/mol. The van der Waals surface area contributed by atoms with Crippen LogP contribution in [-0.2, 0) is 19.1 Å². The van der Waals surface area contributed by atoms with Crippen molar-refractivity contribution in [2.75, 3.05) is 20.8 Å². The highest BCUT2D eigenvalue weighted by Gasteiger charge is 2.25. The molecule has 1 aliphatic rings. The molecule has 1 heterocycles. The summed E-state index contributed by atoms with van der Waals surface area (Å²) in [6.07, 6.45) is 1.55. The molecular weight excluding hydrogens is 466 g/mol. The smallest absolute Gasteiger partial charge is 0.363 e. The van der Waals surface area contributed by atoms with E-state index in [0.29, 0.717) is 32.1 Å². The lowest BCUT2D eigenvalue weighted by Gasteiger charge is -2.12. The van der Waals surface area contributed by atoms with E-state index in [2.05, 4.69) is 25.7 Å². The fraction of sp³-hybridized carbons (Fsp3) is 0.150. The van der Waals surface area contributed by atoms with Crippen LogP contribution in [0.4, 0.5) is 0 Å². The predicted octanol–water partition coefficient (Wildman–Crippen LogP) is 4.01. The number of benzene rings is 2. The molecule has 29 heavy (non-hydrogen) atoms. The van der Waals surface area contributed by atoms with Crippen molar-refractivity contribution < 1.29 is 28.5 Å². The van der Waals surface area contributed by atoms with Crippen molar-refractivity contribution in [3.05, 3.63) is 62.7 Å². The van der Waals surface area contributed by atoms with Gasteiger partial charge in [-0.25, -0.2) is 14.6 Å². The number of halogens is 2. The molecule has 1 aliphatic heterocycles. The molecule has 150 valence electrons. The molecule has 0 spiro atoms. The molecule has 9 heteroatoms. The highest BCUT2D eigenvalue weighted by atomic mass is 79.9. The molecule has 0 amide bonds. The first-order valence-electron chi connectivity index (χ1n) is 8.27. The summed E-state index contributed by atoms with van der Waals surface area (Å²) >= 11 is 9.52. The standard InChI is InChI=1S/C20H15BrClNO6/c1-26-16-9-11(7-13(21)18(16)28-10-17(24)27-2)8-15-20(25)29-19(23-15)12-5-3-4-6-14(12)22/h3-9H,10H2,1-2H3/b15-8-. The van der Waals surface area contributed by atoms with Crippen LogP contribution in [0.25, 0.3) is 6.08 Å². The Kier molecular flexibility index (Phi) is 6.56. The number of hydrogen-bond acceptors (Lipinski definition) is 7. The number of esters is 2. The number of ether oxygens (including phenoxy) is 4. The van der Waals surface area contributed by atoms with Crippen molar-refractivity contribution >= 4 is 51.4 Å². The zero-order chi connectivity index (χ0) is 21.0. The Morgan fingerprint density at radius 1 is 1.28 bits per heavy atom. The third kappa shape index (κ3) is 4.78. The minimum absolute atomic E-state index is 0.108. The fourth-order valence-electron chi connectivity index (χ4n) is 2.47. The Hall–Kier alpha value is -2.84. The van der Waals surface area contributed by atoms with Gasteiger partial charge in [0.1, 0.15) is 0 Å². The second-order valence-corrected chi connectivity index (χ2v) is 6.98. The molecule has 2 aromatic rings. The molecular formula is C20H15BrClNO6. The van der Waals surface area contributed by atoms with Crippen molar-refractivity contribution in [1.29, 1.82) is 0 Å². The molecule has 7 nitrogen and oxygen atoms in total. The van der Waals surface area contributed by atoms with E-state index in [0.717, 1.165) is 0 Å². The number of carbonyl (C=O) groups is 2. The average Bonchev–Trinajstić information content (AvgIpc) is 3.06. The number of hydrogen-bond donors (Lipinski definition) is 0. The first-order valence-corrected chi connectivity index (χ1v) is 9.44. The largest absolute Gasteiger partial charge is 0.493 e. The molecule has 0 bridgehead atoms. The number of methoxy groups -OCH3 is 2. The van der Waals surface area contributed by atoms with Crippen LogP contribution >= 0.6 is 27.5 Å². The van der Waals surface area contributed by atoms with Gasteiger partial charge in [-0.2, -0.15) is 0 Å². The number of aliphatic imine (C=N–C) groups is 1. The van der Waals surface area contributed by atoms with Gasteiger partial charge in [-0.15, -0.1) is 0 Å². The summed E-state index contributed by atoms with van der Waals surface area (Å²) in [5, 5.41) is 0.428. The SMILES string of the molecule is COC(=O)COc1c(Br)cc(/C=C2\N=C(c3ccccc3Cl)OC2=O)cc1OC. The number of rotatable bonds is 6. The summed E-state index contributed by atoms with van der Waals surface area (Å²) in [5.74, 6) is -0.302. The van der Waals surface area contributed by atoms with Crippen LogP contribution in [0.2, 0.25) is 5.02 Å². The summed E-state index contributed by atoms with van der Waals surface area (Å²) < 4.78 is 21.1. The van der Waals surface area contributed by atoms with Crippen molar-refractivity contribution in [1.82, 2.24) is 0 Å². The summed E-state index contributed by atoms with van der Waals surface area (Å²) in [4.78, 5) is 27.8. The van der Waals surface area contributed by atoms with Crippen LogP contribution in [0.5, 0.6) is 11.5 Å². The van der Waals surface area contributed by atoms with Gasteiger partial charge in [0.25, 0.3) is 0 Å². The van der Waals surface area contributed by atoms with Crippen LogP contribution in [0.1, 0.15) is 11.1 Å². The van der Waals surface area contributed by atoms with Gasteiger partial charge in [0, 0.05) is 0 Å². The second kappa shape index (κ2) is 9.11. The molecule has 0 aliphatic carbocycles. The number of nitrogens with zero attached hydrogens (tertiary/aromatic N) is 1. The fourth-order valence-corrected chi connectivity index (χ4v) is 3.26. The zero-order valence-electron chi connectivity index (χ0n) is 15.4. The summed E-state index contributed by atoms with van der Waals surface area (Å²) in [6, 6.07) is 10.3. The van der Waals surface area contributed by atoms with Gasteiger partial charge in [-0.05, 0) is 51.8 Å². The molecule has 0 saturated carbocycles. The Labute approximate surface area is 180 Å². The molecule has 0 atom stereocenters. The van der Waals surface area contributed by atoms with Gasteiger partial charge < -0.3 is 18.9 Å². The van der Waals surface area contributed by atoms with Crippen LogP contribution in [0, 0.1) is 0 Å². The first kappa shape index (κ1) is 20.9. The predicted molar refractivity (Wildman–Crippen MR) is 110 cm³/mol. The molecule has 0 fully saturated rings. The minimum atomic E-state index is -0.596. The number of cyclic esters (lactones) is 1. The van der Waals surface area contributed by atoms with E-state index in [9.17, 15) is 9.59 Å². The second-order valence-electron chi connectivity index (χ2n) is 5.71. The molecule has 2 aromatic carbocycles. The first-order chi connectivity index (χ1) is 13.9. The van der Waals surface area contributed by atoms with Gasteiger partial charge >= 0.3 is 11.9 Å². The van der Waals surface area contributed by atoms with Crippen LogP contribution < -0.4 is 9.47 Å². The van der Waals surface area contributed by atoms with E-state index >= 15 is 0 Å². The molecule has 0 saturated heterocycles. The maximum absolute atomic E-state index is 12.2. The number of carbonyl (C=O) groups excluding carboxylic acids is 2. The third-order valence-corrected chi connectivity index (χ3v) is 4.76. The molecule has 0 N–H and O–H groups in total. The monoisotopic (exact) mass is 479 g/mol. The van der Waals surface area contributed by atoms with Crippen molar-refractivity contribution in [2.45, 2.75) is 0 Å². The van der Waals surface area contributed by atoms with Gasteiger partial charge in [-0.1, -0.05) is 23.7 Å². The topological polar surface area (TPSA) is 83.4 Å². The minimum Gasteiger partial charge on any atom is -0.493 e. The lowest BCUT2D eigenvalue weighted by atomic mass is 10.1. The Bertz CT molecular complexity index is 1030. The zero-order valence-corrected chi connectivity index (χ0v) is 17.7. The van der Waals surface area contributed by atoms with Crippen LogP contribution in [0.15, 0.2) is 51.6 Å². The Morgan fingerprint density at radius 3 is 2.72 bits per heavy atom. The van der Waals surface area contributed by atoms with Crippen molar-refractivity contribution in [3.8, 4) is 11.5 Å². The molecule has 0 aromatic heterocycles. The summed E-state index contributed by atoms with van der Waals surface area (Å²) in [5.41, 5.74) is 1.24.